The summed E-state index contributed by atoms with van der Waals surface area (Å²) in [6.45, 7) is 1.95. The summed E-state index contributed by atoms with van der Waals surface area (Å²) in [7, 11) is 0. The molecule has 2 aromatic rings. The molecule has 0 saturated carbocycles. The summed E-state index contributed by atoms with van der Waals surface area (Å²) in [6, 6.07) is 12.1. The van der Waals surface area contributed by atoms with Crippen molar-refractivity contribution in [2.45, 2.75) is 13.5 Å². The molecule has 0 fully saturated rings. The zero-order chi connectivity index (χ0) is 16.7. The molecule has 0 saturated heterocycles. The Bertz CT molecular complexity index is 751. The van der Waals surface area contributed by atoms with Gasteiger partial charge in [-0.2, -0.15) is 0 Å². The van der Waals surface area contributed by atoms with Crippen molar-refractivity contribution in [2.75, 3.05) is 6.54 Å². The Labute approximate surface area is 139 Å². The van der Waals surface area contributed by atoms with Gasteiger partial charge in [0.05, 0.1) is 12.1 Å². The van der Waals surface area contributed by atoms with Crippen LogP contribution in [0.4, 0.5) is 9.18 Å². The fourth-order valence-corrected chi connectivity index (χ4v) is 1.94. The molecule has 0 aromatic heterocycles. The van der Waals surface area contributed by atoms with Gasteiger partial charge in [0, 0.05) is 5.02 Å². The first kappa shape index (κ1) is 16.9. The highest BCUT2D eigenvalue weighted by Gasteiger charge is 2.04. The van der Waals surface area contributed by atoms with E-state index in [9.17, 15) is 9.18 Å². The molecule has 0 radical (unpaired) electrons. The Morgan fingerprint density at radius 1 is 1.30 bits per heavy atom. The largest absolute Gasteiger partial charge is 0.445 e. The zero-order valence-electron chi connectivity index (χ0n) is 12.5. The smallest absolute Gasteiger partial charge is 0.408 e. The van der Waals surface area contributed by atoms with Crippen LogP contribution in [0, 0.1) is 24.6 Å². The topological polar surface area (TPSA) is 38.3 Å². The van der Waals surface area contributed by atoms with E-state index in [0.29, 0.717) is 10.6 Å². The molecule has 0 bridgehead atoms. The first-order valence-corrected chi connectivity index (χ1v) is 7.33. The molecular weight excluding hydrogens is 317 g/mol. The molecule has 0 atom stereocenters. The molecule has 118 valence electrons. The number of carbonyl (C=O) groups excluding carboxylic acids is 1. The van der Waals surface area contributed by atoms with E-state index in [-0.39, 0.29) is 18.7 Å². The van der Waals surface area contributed by atoms with Crippen molar-refractivity contribution in [1.82, 2.24) is 5.32 Å². The minimum atomic E-state index is -0.578. The molecular formula is C18H15ClFNO2. The van der Waals surface area contributed by atoms with Gasteiger partial charge in [-0.1, -0.05) is 53.8 Å². The average molecular weight is 332 g/mol. The minimum Gasteiger partial charge on any atom is -0.445 e. The van der Waals surface area contributed by atoms with Gasteiger partial charge in [-0.25, -0.2) is 9.18 Å². The van der Waals surface area contributed by atoms with E-state index in [1.807, 2.05) is 30.3 Å². The Kier molecular flexibility index (Phi) is 6.02. The molecule has 0 heterocycles. The third-order valence-electron chi connectivity index (χ3n) is 3.01. The van der Waals surface area contributed by atoms with Gasteiger partial charge in [-0.05, 0) is 30.2 Å². The normalized spacial score (nSPS) is 9.70. The van der Waals surface area contributed by atoms with Crippen LogP contribution in [-0.2, 0) is 11.3 Å². The van der Waals surface area contributed by atoms with Gasteiger partial charge in [-0.15, -0.1) is 0 Å². The number of hydrogen-bond donors (Lipinski definition) is 1. The molecule has 0 aliphatic heterocycles. The van der Waals surface area contributed by atoms with Crippen molar-refractivity contribution in [3.8, 4) is 11.8 Å². The van der Waals surface area contributed by atoms with Crippen LogP contribution in [-0.4, -0.2) is 12.6 Å². The monoisotopic (exact) mass is 331 g/mol. The van der Waals surface area contributed by atoms with Crippen molar-refractivity contribution in [2.24, 2.45) is 0 Å². The van der Waals surface area contributed by atoms with Crippen LogP contribution in [0.3, 0.4) is 0 Å². The average Bonchev–Trinajstić information content (AvgIpc) is 2.55. The number of amides is 1. The molecule has 2 rings (SSSR count). The molecule has 1 amide bonds. The maximum absolute atomic E-state index is 13.7. The van der Waals surface area contributed by atoms with Crippen LogP contribution in [0.15, 0.2) is 42.5 Å². The number of hydrogen-bond acceptors (Lipinski definition) is 2. The maximum atomic E-state index is 13.7. The van der Waals surface area contributed by atoms with E-state index in [1.54, 1.807) is 6.92 Å². The van der Waals surface area contributed by atoms with Crippen molar-refractivity contribution < 1.29 is 13.9 Å². The highest BCUT2D eigenvalue weighted by molar-refractivity contribution is 6.31. The van der Waals surface area contributed by atoms with Gasteiger partial charge in [0.1, 0.15) is 12.4 Å². The minimum absolute atomic E-state index is 0.0541. The van der Waals surface area contributed by atoms with Gasteiger partial charge in [0.15, 0.2) is 0 Å². The lowest BCUT2D eigenvalue weighted by molar-refractivity contribution is 0.141. The summed E-state index contributed by atoms with van der Waals surface area (Å²) < 4.78 is 18.7. The molecule has 0 aliphatic rings. The SMILES string of the molecule is Cc1cc(F)c(C#CCNC(=O)OCc2ccccc2)cc1Cl. The number of halogens is 2. The highest BCUT2D eigenvalue weighted by Crippen LogP contribution is 2.19. The molecule has 0 aliphatic carbocycles. The van der Waals surface area contributed by atoms with Crippen LogP contribution < -0.4 is 5.32 Å². The zero-order valence-corrected chi connectivity index (χ0v) is 13.3. The predicted molar refractivity (Wildman–Crippen MR) is 87.7 cm³/mol. The Hall–Kier alpha value is -2.51. The molecule has 1 N–H and O–H groups in total. The lowest BCUT2D eigenvalue weighted by Crippen LogP contribution is -2.24. The quantitative estimate of drug-likeness (QED) is 0.861. The summed E-state index contributed by atoms with van der Waals surface area (Å²) in [5.41, 5.74) is 1.74. The van der Waals surface area contributed by atoms with Crippen LogP contribution in [0.25, 0.3) is 0 Å². The fourth-order valence-electron chi connectivity index (χ4n) is 1.77. The third kappa shape index (κ3) is 5.32. The van der Waals surface area contributed by atoms with Gasteiger partial charge in [0.2, 0.25) is 0 Å². The van der Waals surface area contributed by atoms with E-state index in [0.717, 1.165) is 5.56 Å². The van der Waals surface area contributed by atoms with E-state index < -0.39 is 11.9 Å². The van der Waals surface area contributed by atoms with Crippen molar-refractivity contribution >= 4 is 17.7 Å². The maximum Gasteiger partial charge on any atom is 0.408 e. The lowest BCUT2D eigenvalue weighted by atomic mass is 10.1. The van der Waals surface area contributed by atoms with E-state index >= 15 is 0 Å². The predicted octanol–water partition coefficient (Wildman–Crippen LogP) is 4.07. The van der Waals surface area contributed by atoms with Crippen molar-refractivity contribution in [3.05, 3.63) is 70.0 Å². The second kappa shape index (κ2) is 8.21. The lowest BCUT2D eigenvalue weighted by Gasteiger charge is -2.04. The second-order valence-corrected chi connectivity index (χ2v) is 5.21. The summed E-state index contributed by atoms with van der Waals surface area (Å²) in [4.78, 5) is 11.5. The number of rotatable bonds is 3. The number of benzene rings is 2. The van der Waals surface area contributed by atoms with Gasteiger partial charge in [-0.3, -0.25) is 0 Å². The molecule has 5 heteroatoms. The van der Waals surface area contributed by atoms with Crippen LogP contribution in [0.1, 0.15) is 16.7 Å². The molecule has 23 heavy (non-hydrogen) atoms. The number of aryl methyl sites for hydroxylation is 1. The van der Waals surface area contributed by atoms with Gasteiger partial charge < -0.3 is 10.1 Å². The standard InChI is InChI=1S/C18H15ClFNO2/c1-13-10-17(20)15(11-16(13)19)8-5-9-21-18(22)23-12-14-6-3-2-4-7-14/h2-4,6-7,10-11H,9,12H2,1H3,(H,21,22). The summed E-state index contributed by atoms with van der Waals surface area (Å²) >= 11 is 5.92. The van der Waals surface area contributed by atoms with E-state index in [4.69, 9.17) is 16.3 Å². The summed E-state index contributed by atoms with van der Waals surface area (Å²) in [6.07, 6.45) is -0.578. The first-order valence-electron chi connectivity index (χ1n) is 6.95. The first-order chi connectivity index (χ1) is 11.1. The summed E-state index contributed by atoms with van der Waals surface area (Å²) in [5.74, 6) is 4.85. The van der Waals surface area contributed by atoms with Gasteiger partial charge >= 0.3 is 6.09 Å². The molecule has 2 aromatic carbocycles. The van der Waals surface area contributed by atoms with Crippen LogP contribution in [0.2, 0.25) is 5.02 Å². The number of nitrogens with one attached hydrogen (secondary N) is 1. The van der Waals surface area contributed by atoms with Gasteiger partial charge in [0.25, 0.3) is 0 Å². The summed E-state index contributed by atoms with van der Waals surface area (Å²) in [5, 5.41) is 2.93. The van der Waals surface area contributed by atoms with Crippen LogP contribution >= 0.6 is 11.6 Å². The fraction of sp³-hybridized carbons (Fsp3) is 0.167. The number of ether oxygens (including phenoxy) is 1. The number of alkyl carbamates (subject to hydrolysis) is 1. The Morgan fingerprint density at radius 3 is 2.78 bits per heavy atom. The van der Waals surface area contributed by atoms with E-state index in [2.05, 4.69) is 17.2 Å². The van der Waals surface area contributed by atoms with Crippen molar-refractivity contribution in [1.29, 1.82) is 0 Å². The van der Waals surface area contributed by atoms with Crippen molar-refractivity contribution in [3.63, 3.8) is 0 Å². The van der Waals surface area contributed by atoms with Crippen LogP contribution in [0.5, 0.6) is 0 Å². The molecule has 3 nitrogen and oxygen atoms in total. The van der Waals surface area contributed by atoms with E-state index in [1.165, 1.54) is 12.1 Å². The molecule has 0 spiro atoms. The second-order valence-electron chi connectivity index (χ2n) is 4.80. The highest BCUT2D eigenvalue weighted by atomic mass is 35.5. The molecule has 0 unspecified atom stereocenters. The Balaban J connectivity index is 1.81. The Morgan fingerprint density at radius 2 is 2.04 bits per heavy atom. The number of carbonyl (C=O) groups is 1. The third-order valence-corrected chi connectivity index (χ3v) is 3.41.